The van der Waals surface area contributed by atoms with Crippen LogP contribution in [0.3, 0.4) is 0 Å². The summed E-state index contributed by atoms with van der Waals surface area (Å²) in [6, 6.07) is 8.44. The van der Waals surface area contributed by atoms with E-state index in [1.54, 1.807) is 12.4 Å². The number of ether oxygens (including phenoxy) is 1. The molecule has 2 rings (SSSR count). The molecular formula is C18H24N2O2. The fourth-order valence-corrected chi connectivity index (χ4v) is 2.34. The Balaban J connectivity index is 2.04. The Morgan fingerprint density at radius 2 is 2.18 bits per heavy atom. The Morgan fingerprint density at radius 3 is 2.95 bits per heavy atom. The zero-order valence-electron chi connectivity index (χ0n) is 13.4. The number of aryl methyl sites for hydroxylation is 1. The summed E-state index contributed by atoms with van der Waals surface area (Å²) in [5.41, 5.74) is 2.41. The molecule has 0 aliphatic carbocycles. The normalized spacial score (nSPS) is 13.9. The van der Waals surface area contributed by atoms with Gasteiger partial charge in [0.15, 0.2) is 0 Å². The van der Waals surface area contributed by atoms with E-state index in [2.05, 4.69) is 48.0 Å². The van der Waals surface area contributed by atoms with Gasteiger partial charge < -0.3 is 9.64 Å². The standard InChI is InChI=1S/C18H24N2O2/c1-3-5-10-18(21)22-17-14-20(12-11-19-17)16-9-6-8-15(13-16)7-4-2/h6,8-9,11,13-14H,3-5,7,10,12H2,1-2H3. The predicted octanol–water partition coefficient (Wildman–Crippen LogP) is 4.06. The summed E-state index contributed by atoms with van der Waals surface area (Å²) in [4.78, 5) is 17.9. The van der Waals surface area contributed by atoms with Crippen molar-refractivity contribution in [2.75, 3.05) is 11.4 Å². The fourth-order valence-electron chi connectivity index (χ4n) is 2.34. The van der Waals surface area contributed by atoms with Crippen LogP contribution in [0.25, 0.3) is 0 Å². The molecule has 1 heterocycles. The number of anilines is 1. The van der Waals surface area contributed by atoms with Gasteiger partial charge in [0.2, 0.25) is 5.88 Å². The lowest BCUT2D eigenvalue weighted by atomic mass is 10.1. The van der Waals surface area contributed by atoms with Crippen molar-refractivity contribution in [3.63, 3.8) is 0 Å². The lowest BCUT2D eigenvalue weighted by Crippen LogP contribution is -2.23. The zero-order chi connectivity index (χ0) is 15.8. The average molecular weight is 300 g/mol. The topological polar surface area (TPSA) is 41.9 Å². The van der Waals surface area contributed by atoms with E-state index in [1.807, 2.05) is 0 Å². The number of rotatable bonds is 7. The maximum absolute atomic E-state index is 11.7. The molecule has 0 fully saturated rings. The Kier molecular flexibility index (Phi) is 6.19. The molecule has 0 saturated heterocycles. The highest BCUT2D eigenvalue weighted by Crippen LogP contribution is 2.20. The fraction of sp³-hybridized carbons (Fsp3) is 0.444. The first-order valence-electron chi connectivity index (χ1n) is 8.03. The second-order valence-corrected chi connectivity index (χ2v) is 5.43. The van der Waals surface area contributed by atoms with Crippen LogP contribution in [0.2, 0.25) is 0 Å². The van der Waals surface area contributed by atoms with Crippen molar-refractivity contribution in [2.45, 2.75) is 46.0 Å². The zero-order valence-corrected chi connectivity index (χ0v) is 13.4. The first-order valence-corrected chi connectivity index (χ1v) is 8.03. The van der Waals surface area contributed by atoms with Crippen LogP contribution in [-0.2, 0) is 16.0 Å². The Morgan fingerprint density at radius 1 is 1.32 bits per heavy atom. The van der Waals surface area contributed by atoms with Crippen LogP contribution in [0.1, 0.15) is 45.1 Å². The summed E-state index contributed by atoms with van der Waals surface area (Å²) < 4.78 is 5.31. The van der Waals surface area contributed by atoms with Crippen LogP contribution in [-0.4, -0.2) is 18.7 Å². The molecule has 4 nitrogen and oxygen atoms in total. The minimum atomic E-state index is -0.216. The summed E-state index contributed by atoms with van der Waals surface area (Å²) in [6.07, 6.45) is 8.03. The monoisotopic (exact) mass is 300 g/mol. The van der Waals surface area contributed by atoms with Crippen LogP contribution in [0.5, 0.6) is 0 Å². The van der Waals surface area contributed by atoms with E-state index in [-0.39, 0.29) is 5.97 Å². The van der Waals surface area contributed by atoms with Gasteiger partial charge in [-0.15, -0.1) is 0 Å². The molecule has 1 aromatic rings. The smallest absolute Gasteiger partial charge is 0.312 e. The first kappa shape index (κ1) is 16.3. The second kappa shape index (κ2) is 8.37. The molecule has 0 unspecified atom stereocenters. The summed E-state index contributed by atoms with van der Waals surface area (Å²) in [5.74, 6) is 0.153. The van der Waals surface area contributed by atoms with Gasteiger partial charge in [-0.05, 0) is 30.5 Å². The Labute approximate surface area is 132 Å². The molecule has 0 amide bonds. The summed E-state index contributed by atoms with van der Waals surface area (Å²) in [5, 5.41) is 0. The summed E-state index contributed by atoms with van der Waals surface area (Å²) in [6.45, 7) is 4.91. The van der Waals surface area contributed by atoms with Crippen LogP contribution >= 0.6 is 0 Å². The summed E-state index contributed by atoms with van der Waals surface area (Å²) in [7, 11) is 0. The number of esters is 1. The van der Waals surface area contributed by atoms with Crippen LogP contribution in [0.4, 0.5) is 5.69 Å². The number of hydrogen-bond donors (Lipinski definition) is 0. The molecule has 0 atom stereocenters. The number of benzene rings is 1. The van der Waals surface area contributed by atoms with Crippen LogP contribution in [0.15, 0.2) is 41.3 Å². The molecule has 0 aromatic heterocycles. The first-order chi connectivity index (χ1) is 10.7. The highest BCUT2D eigenvalue weighted by atomic mass is 16.5. The van der Waals surface area contributed by atoms with Gasteiger partial charge in [0.05, 0.1) is 12.7 Å². The van der Waals surface area contributed by atoms with Crippen LogP contribution in [0, 0.1) is 0 Å². The van der Waals surface area contributed by atoms with E-state index in [4.69, 9.17) is 4.74 Å². The molecule has 0 radical (unpaired) electrons. The molecule has 0 spiro atoms. The molecule has 4 heteroatoms. The van der Waals surface area contributed by atoms with Crippen molar-refractivity contribution in [1.82, 2.24) is 0 Å². The van der Waals surface area contributed by atoms with Crippen molar-refractivity contribution >= 4 is 17.9 Å². The minimum Gasteiger partial charge on any atom is -0.406 e. The van der Waals surface area contributed by atoms with Gasteiger partial charge in [-0.25, -0.2) is 4.99 Å². The highest BCUT2D eigenvalue weighted by Gasteiger charge is 2.13. The van der Waals surface area contributed by atoms with Crippen molar-refractivity contribution in [3.8, 4) is 0 Å². The average Bonchev–Trinajstić information content (AvgIpc) is 2.54. The molecule has 22 heavy (non-hydrogen) atoms. The van der Waals surface area contributed by atoms with E-state index in [9.17, 15) is 4.79 Å². The quantitative estimate of drug-likeness (QED) is 0.713. The third-order valence-electron chi connectivity index (χ3n) is 3.50. The molecule has 0 N–H and O–H groups in total. The number of aliphatic imine (C=N–C) groups is 1. The van der Waals surface area contributed by atoms with Crippen molar-refractivity contribution in [2.24, 2.45) is 4.99 Å². The van der Waals surface area contributed by atoms with Gasteiger partial charge in [-0.2, -0.15) is 0 Å². The van der Waals surface area contributed by atoms with E-state index in [0.29, 0.717) is 18.8 Å². The van der Waals surface area contributed by atoms with Gasteiger partial charge in [-0.1, -0.05) is 38.8 Å². The van der Waals surface area contributed by atoms with Gasteiger partial charge in [0.25, 0.3) is 0 Å². The SMILES string of the molecule is CCCCC(=O)OC1=CN(c2cccc(CCC)c2)CC=N1. The Bertz CT molecular complexity index is 564. The van der Waals surface area contributed by atoms with Crippen molar-refractivity contribution < 1.29 is 9.53 Å². The molecule has 1 aliphatic rings. The van der Waals surface area contributed by atoms with Gasteiger partial charge in [-0.3, -0.25) is 4.79 Å². The number of hydrogen-bond acceptors (Lipinski definition) is 4. The predicted molar refractivity (Wildman–Crippen MR) is 90.0 cm³/mol. The molecule has 0 saturated carbocycles. The van der Waals surface area contributed by atoms with Crippen molar-refractivity contribution in [1.29, 1.82) is 0 Å². The van der Waals surface area contributed by atoms with E-state index in [0.717, 1.165) is 31.4 Å². The third kappa shape index (κ3) is 4.72. The highest BCUT2D eigenvalue weighted by molar-refractivity contribution is 5.74. The number of unbranched alkanes of at least 4 members (excludes halogenated alkanes) is 1. The Hall–Kier alpha value is -2.10. The second-order valence-electron chi connectivity index (χ2n) is 5.43. The van der Waals surface area contributed by atoms with E-state index >= 15 is 0 Å². The lowest BCUT2D eigenvalue weighted by molar-refractivity contribution is -0.139. The maximum atomic E-state index is 11.7. The largest absolute Gasteiger partial charge is 0.406 e. The van der Waals surface area contributed by atoms with Crippen LogP contribution < -0.4 is 4.90 Å². The molecule has 1 aromatic carbocycles. The lowest BCUT2D eigenvalue weighted by Gasteiger charge is -2.22. The third-order valence-corrected chi connectivity index (χ3v) is 3.50. The maximum Gasteiger partial charge on any atom is 0.312 e. The van der Waals surface area contributed by atoms with E-state index < -0.39 is 0 Å². The van der Waals surface area contributed by atoms with E-state index in [1.165, 1.54) is 5.56 Å². The number of nitrogens with zero attached hydrogens (tertiary/aromatic N) is 2. The van der Waals surface area contributed by atoms with Crippen molar-refractivity contribution in [3.05, 3.63) is 41.9 Å². The number of carbonyl (C=O) groups is 1. The summed E-state index contributed by atoms with van der Waals surface area (Å²) >= 11 is 0. The molecule has 0 bridgehead atoms. The molecule has 1 aliphatic heterocycles. The van der Waals surface area contributed by atoms with Gasteiger partial charge in [0.1, 0.15) is 0 Å². The number of carbonyl (C=O) groups excluding carboxylic acids is 1. The molecule has 118 valence electrons. The molecular weight excluding hydrogens is 276 g/mol. The van der Waals surface area contributed by atoms with Gasteiger partial charge in [0, 0.05) is 18.3 Å². The minimum absolute atomic E-state index is 0.216. The van der Waals surface area contributed by atoms with Gasteiger partial charge >= 0.3 is 5.97 Å².